The van der Waals surface area contributed by atoms with Crippen LogP contribution in [0.2, 0.25) is 0 Å². The van der Waals surface area contributed by atoms with Gasteiger partial charge in [0.25, 0.3) is 0 Å². The average molecular weight is 553 g/mol. The fourth-order valence-electron chi connectivity index (χ4n) is 4.34. The molecule has 0 saturated carbocycles. The SMILES string of the molecule is C=C(C)CC(O)(Cc1ccc(C(F)(F)F)cc1)[C@@H](O)[C@@](O)(Cc1ccc(C(F)(F)F)cc1)[C@H](O)[C@@H](O)CO. The van der Waals surface area contributed by atoms with E-state index in [4.69, 9.17) is 0 Å². The molecule has 2 rings (SSSR count). The first kappa shape index (κ1) is 31.7. The summed E-state index contributed by atoms with van der Waals surface area (Å²) < 4.78 is 77.7. The van der Waals surface area contributed by atoms with Crippen LogP contribution in [0.25, 0.3) is 0 Å². The highest BCUT2D eigenvalue weighted by Crippen LogP contribution is 2.37. The molecule has 0 aliphatic rings. The minimum Gasteiger partial charge on any atom is -0.394 e. The van der Waals surface area contributed by atoms with Crippen LogP contribution in [-0.2, 0) is 25.2 Å². The number of rotatable bonds is 11. The molecule has 12 heteroatoms. The van der Waals surface area contributed by atoms with Crippen molar-refractivity contribution in [3.8, 4) is 0 Å². The van der Waals surface area contributed by atoms with Crippen LogP contribution in [0.5, 0.6) is 0 Å². The smallest absolute Gasteiger partial charge is 0.394 e. The molecule has 0 saturated heterocycles. The highest BCUT2D eigenvalue weighted by atomic mass is 19.4. The Labute approximate surface area is 215 Å². The molecule has 0 heterocycles. The van der Waals surface area contributed by atoms with Gasteiger partial charge in [0.2, 0.25) is 0 Å². The molecule has 0 bridgehead atoms. The first-order valence-corrected chi connectivity index (χ1v) is 11.4. The average Bonchev–Trinajstić information content (AvgIpc) is 2.81. The number of aliphatic hydroxyl groups excluding tert-OH is 4. The van der Waals surface area contributed by atoms with Crippen molar-refractivity contribution in [2.24, 2.45) is 0 Å². The van der Waals surface area contributed by atoms with Crippen molar-refractivity contribution in [1.82, 2.24) is 0 Å². The molecule has 5 atom stereocenters. The lowest BCUT2D eigenvalue weighted by molar-refractivity contribution is -0.228. The Morgan fingerprint density at radius 1 is 0.763 bits per heavy atom. The van der Waals surface area contributed by atoms with Gasteiger partial charge in [-0.3, -0.25) is 0 Å². The van der Waals surface area contributed by atoms with Crippen molar-refractivity contribution in [2.45, 2.75) is 68.1 Å². The summed E-state index contributed by atoms with van der Waals surface area (Å²) >= 11 is 0. The minimum absolute atomic E-state index is 0.0315. The van der Waals surface area contributed by atoms with Crippen LogP contribution in [-0.4, -0.2) is 66.8 Å². The molecule has 6 N–H and O–H groups in total. The van der Waals surface area contributed by atoms with E-state index in [0.717, 1.165) is 36.4 Å². The first-order valence-electron chi connectivity index (χ1n) is 11.4. The molecule has 212 valence electrons. The Kier molecular flexibility index (Phi) is 9.79. The Bertz CT molecular complexity index is 1070. The van der Waals surface area contributed by atoms with Crippen molar-refractivity contribution in [3.05, 3.63) is 82.9 Å². The molecule has 38 heavy (non-hydrogen) atoms. The van der Waals surface area contributed by atoms with Gasteiger partial charge in [0.15, 0.2) is 0 Å². The lowest BCUT2D eigenvalue weighted by atomic mass is 9.71. The summed E-state index contributed by atoms with van der Waals surface area (Å²) in [7, 11) is 0. The van der Waals surface area contributed by atoms with Crippen LogP contribution in [0.3, 0.4) is 0 Å². The zero-order chi connectivity index (χ0) is 29.1. The van der Waals surface area contributed by atoms with E-state index < -0.39 is 78.9 Å². The highest BCUT2D eigenvalue weighted by Gasteiger charge is 2.54. The Hall–Kier alpha value is -2.48. The molecule has 0 aromatic heterocycles. The molecule has 1 unspecified atom stereocenters. The Morgan fingerprint density at radius 2 is 1.16 bits per heavy atom. The van der Waals surface area contributed by atoms with Crippen molar-refractivity contribution >= 4 is 0 Å². The maximum atomic E-state index is 12.9. The van der Waals surface area contributed by atoms with Gasteiger partial charge in [0.05, 0.1) is 17.7 Å². The molecular formula is C26H30F6O6. The third kappa shape index (κ3) is 7.55. The van der Waals surface area contributed by atoms with E-state index in [2.05, 4.69) is 6.58 Å². The molecule has 0 radical (unpaired) electrons. The normalized spacial score (nSPS) is 18.2. The molecule has 0 aliphatic heterocycles. The largest absolute Gasteiger partial charge is 0.416 e. The predicted molar refractivity (Wildman–Crippen MR) is 125 cm³/mol. The lowest BCUT2D eigenvalue weighted by Gasteiger charge is -2.46. The second-order valence-electron chi connectivity index (χ2n) is 9.57. The summed E-state index contributed by atoms with van der Waals surface area (Å²) in [6, 6.07) is 6.92. The second-order valence-corrected chi connectivity index (χ2v) is 9.57. The predicted octanol–water partition coefficient (Wildman–Crippen LogP) is 3.01. The number of benzene rings is 2. The summed E-state index contributed by atoms with van der Waals surface area (Å²) in [5.41, 5.74) is -6.87. The Morgan fingerprint density at radius 3 is 1.50 bits per heavy atom. The quantitative estimate of drug-likeness (QED) is 0.188. The van der Waals surface area contributed by atoms with Crippen molar-refractivity contribution in [3.63, 3.8) is 0 Å². The molecular weight excluding hydrogens is 522 g/mol. The topological polar surface area (TPSA) is 121 Å². The number of hydrogen-bond donors (Lipinski definition) is 6. The van der Waals surface area contributed by atoms with E-state index in [0.29, 0.717) is 12.1 Å². The fourth-order valence-corrected chi connectivity index (χ4v) is 4.34. The first-order chi connectivity index (χ1) is 17.3. The number of halogens is 6. The van der Waals surface area contributed by atoms with Crippen LogP contribution >= 0.6 is 0 Å². The van der Waals surface area contributed by atoms with E-state index in [1.165, 1.54) is 6.92 Å². The van der Waals surface area contributed by atoms with Crippen molar-refractivity contribution < 1.29 is 57.0 Å². The van der Waals surface area contributed by atoms with Crippen LogP contribution in [0, 0.1) is 0 Å². The monoisotopic (exact) mass is 552 g/mol. The summed E-state index contributed by atoms with van der Waals surface area (Å²) in [5, 5.41) is 64.3. The van der Waals surface area contributed by atoms with Gasteiger partial charge in [-0.15, -0.1) is 6.58 Å². The van der Waals surface area contributed by atoms with Gasteiger partial charge in [0.1, 0.15) is 29.5 Å². The third-order valence-electron chi connectivity index (χ3n) is 6.21. The van der Waals surface area contributed by atoms with Crippen molar-refractivity contribution in [2.75, 3.05) is 6.61 Å². The van der Waals surface area contributed by atoms with E-state index in [1.807, 2.05) is 0 Å². The van der Waals surface area contributed by atoms with Gasteiger partial charge >= 0.3 is 12.4 Å². The summed E-state index contributed by atoms with van der Waals surface area (Å²) in [4.78, 5) is 0. The number of aliphatic hydroxyl groups is 6. The highest BCUT2D eigenvalue weighted by molar-refractivity contribution is 5.29. The van der Waals surface area contributed by atoms with Gasteiger partial charge in [-0.2, -0.15) is 26.3 Å². The molecule has 6 nitrogen and oxygen atoms in total. The van der Waals surface area contributed by atoms with Crippen LogP contribution < -0.4 is 0 Å². The summed E-state index contributed by atoms with van der Waals surface area (Å²) in [6.45, 7) is 4.02. The van der Waals surface area contributed by atoms with Gasteiger partial charge in [-0.1, -0.05) is 29.8 Å². The van der Waals surface area contributed by atoms with Crippen LogP contribution in [0.4, 0.5) is 26.3 Å². The second kappa shape index (κ2) is 11.7. The minimum atomic E-state index is -4.66. The molecule has 2 aromatic rings. The fraction of sp³-hybridized carbons (Fsp3) is 0.462. The maximum absolute atomic E-state index is 12.9. The number of alkyl halides is 6. The maximum Gasteiger partial charge on any atom is 0.416 e. The zero-order valence-corrected chi connectivity index (χ0v) is 20.3. The summed E-state index contributed by atoms with van der Waals surface area (Å²) in [5.74, 6) is 0. The zero-order valence-electron chi connectivity index (χ0n) is 20.3. The van der Waals surface area contributed by atoms with E-state index in [-0.39, 0.29) is 16.7 Å². The molecule has 0 aliphatic carbocycles. The van der Waals surface area contributed by atoms with Gasteiger partial charge in [0, 0.05) is 12.8 Å². The molecule has 2 aromatic carbocycles. The van der Waals surface area contributed by atoms with Crippen molar-refractivity contribution in [1.29, 1.82) is 0 Å². The molecule has 0 spiro atoms. The third-order valence-corrected chi connectivity index (χ3v) is 6.21. The molecule has 0 amide bonds. The van der Waals surface area contributed by atoms with Gasteiger partial charge in [-0.05, 0) is 48.7 Å². The van der Waals surface area contributed by atoms with Crippen LogP contribution in [0.1, 0.15) is 35.6 Å². The standard InChI is InChI=1S/C26H30F6O6/c1-15(2)11-23(37,12-16-3-7-18(8-4-16)25(27,28)29)22(36)24(38,21(35)20(34)14-33)13-17-5-9-19(10-6-17)26(30,31)32/h3-10,20-22,33-38H,1,11-14H2,2H3/t20-,21+,22+,23?,24+/m0/s1. The Balaban J connectivity index is 2.53. The van der Waals surface area contributed by atoms with Crippen LogP contribution in [0.15, 0.2) is 60.7 Å². The van der Waals surface area contributed by atoms with E-state index in [1.54, 1.807) is 0 Å². The number of hydrogen-bond acceptors (Lipinski definition) is 6. The van der Waals surface area contributed by atoms with Gasteiger partial charge in [-0.25, -0.2) is 0 Å². The summed E-state index contributed by atoms with van der Waals surface area (Å²) in [6.07, 6.45) is -17.7. The van der Waals surface area contributed by atoms with E-state index >= 15 is 0 Å². The van der Waals surface area contributed by atoms with Gasteiger partial charge < -0.3 is 30.6 Å². The molecule has 0 fully saturated rings. The lowest BCUT2D eigenvalue weighted by Crippen LogP contribution is -2.66. The van der Waals surface area contributed by atoms with E-state index in [9.17, 15) is 57.0 Å².